The number of aromatic nitrogens is 1. The van der Waals surface area contributed by atoms with Crippen molar-refractivity contribution in [1.29, 1.82) is 0 Å². The summed E-state index contributed by atoms with van der Waals surface area (Å²) in [7, 11) is 0. The Bertz CT molecular complexity index is 446. The van der Waals surface area contributed by atoms with Crippen LogP contribution in [0.3, 0.4) is 0 Å². The SMILES string of the molecule is O=C(O)Cc1nc2c(s1)CC1(CCCC1)CC2. The molecule has 0 radical (unpaired) electrons. The number of fused-ring (bicyclic) bond motifs is 1. The zero-order valence-electron chi connectivity index (χ0n) is 9.87. The summed E-state index contributed by atoms with van der Waals surface area (Å²) >= 11 is 1.63. The van der Waals surface area contributed by atoms with Crippen LogP contribution in [0.25, 0.3) is 0 Å². The fraction of sp³-hybridized carbons (Fsp3) is 0.692. The van der Waals surface area contributed by atoms with E-state index in [9.17, 15) is 4.79 Å². The third-order valence-corrected chi connectivity index (χ3v) is 5.31. The van der Waals surface area contributed by atoms with Crippen LogP contribution in [0.4, 0.5) is 0 Å². The maximum Gasteiger partial charge on any atom is 0.310 e. The number of carbonyl (C=O) groups is 1. The average Bonchev–Trinajstić information content (AvgIpc) is 2.84. The van der Waals surface area contributed by atoms with E-state index in [-0.39, 0.29) is 6.42 Å². The molecule has 0 unspecified atom stereocenters. The molecule has 1 aromatic heterocycles. The molecule has 1 spiro atoms. The Balaban J connectivity index is 1.82. The van der Waals surface area contributed by atoms with Gasteiger partial charge < -0.3 is 5.11 Å². The average molecular weight is 251 g/mol. The molecule has 3 rings (SSSR count). The predicted octanol–water partition coefficient (Wildman–Crippen LogP) is 2.82. The molecule has 0 aliphatic heterocycles. The molecule has 1 saturated carbocycles. The summed E-state index contributed by atoms with van der Waals surface area (Å²) in [6.07, 6.45) is 9.02. The minimum Gasteiger partial charge on any atom is -0.481 e. The monoisotopic (exact) mass is 251 g/mol. The van der Waals surface area contributed by atoms with Crippen molar-refractivity contribution in [3.63, 3.8) is 0 Å². The lowest BCUT2D eigenvalue weighted by molar-refractivity contribution is -0.136. The number of nitrogens with zero attached hydrogens (tertiary/aromatic N) is 1. The molecule has 1 heterocycles. The standard InChI is InChI=1S/C13H17NO2S/c15-12(16)7-11-14-9-3-6-13(4-1-2-5-13)8-10(9)17-11/h1-8H2,(H,15,16). The van der Waals surface area contributed by atoms with Gasteiger partial charge in [-0.1, -0.05) is 12.8 Å². The van der Waals surface area contributed by atoms with E-state index in [0.29, 0.717) is 5.41 Å². The van der Waals surface area contributed by atoms with Crippen LogP contribution in [0.5, 0.6) is 0 Å². The number of thiazole rings is 1. The Morgan fingerprint density at radius 3 is 2.82 bits per heavy atom. The smallest absolute Gasteiger partial charge is 0.310 e. The molecule has 17 heavy (non-hydrogen) atoms. The zero-order chi connectivity index (χ0) is 11.9. The summed E-state index contributed by atoms with van der Waals surface area (Å²) in [4.78, 5) is 16.6. The number of aryl methyl sites for hydroxylation is 1. The van der Waals surface area contributed by atoms with Gasteiger partial charge in [0.05, 0.1) is 12.1 Å². The van der Waals surface area contributed by atoms with Crippen molar-refractivity contribution in [2.45, 2.75) is 51.4 Å². The van der Waals surface area contributed by atoms with Gasteiger partial charge in [0.15, 0.2) is 0 Å². The quantitative estimate of drug-likeness (QED) is 0.879. The van der Waals surface area contributed by atoms with E-state index >= 15 is 0 Å². The van der Waals surface area contributed by atoms with Gasteiger partial charge in [0.2, 0.25) is 0 Å². The first kappa shape index (κ1) is 11.2. The number of rotatable bonds is 2. The minimum atomic E-state index is -0.772. The zero-order valence-corrected chi connectivity index (χ0v) is 10.7. The molecule has 2 aliphatic rings. The van der Waals surface area contributed by atoms with Gasteiger partial charge in [-0.2, -0.15) is 0 Å². The Morgan fingerprint density at radius 2 is 2.12 bits per heavy atom. The predicted molar refractivity (Wildman–Crippen MR) is 66.4 cm³/mol. The van der Waals surface area contributed by atoms with E-state index in [2.05, 4.69) is 4.98 Å². The maximum atomic E-state index is 10.7. The summed E-state index contributed by atoms with van der Waals surface area (Å²) < 4.78 is 0. The maximum absolute atomic E-state index is 10.7. The van der Waals surface area contributed by atoms with Crippen LogP contribution >= 0.6 is 11.3 Å². The summed E-state index contributed by atoms with van der Waals surface area (Å²) in [6.45, 7) is 0. The normalized spacial score (nSPS) is 21.6. The summed E-state index contributed by atoms with van der Waals surface area (Å²) in [5, 5.41) is 9.59. The van der Waals surface area contributed by atoms with Crippen LogP contribution < -0.4 is 0 Å². The largest absolute Gasteiger partial charge is 0.481 e. The van der Waals surface area contributed by atoms with Crippen LogP contribution in [-0.2, 0) is 24.1 Å². The highest BCUT2D eigenvalue weighted by atomic mass is 32.1. The minimum absolute atomic E-state index is 0.0880. The molecule has 0 bridgehead atoms. The molecule has 2 aliphatic carbocycles. The first-order chi connectivity index (χ1) is 8.17. The third kappa shape index (κ3) is 2.10. The summed E-state index contributed by atoms with van der Waals surface area (Å²) in [5.74, 6) is -0.772. The second-order valence-electron chi connectivity index (χ2n) is 5.43. The fourth-order valence-electron chi connectivity index (χ4n) is 3.34. The third-order valence-electron chi connectivity index (χ3n) is 4.22. The van der Waals surface area contributed by atoms with E-state index in [1.807, 2.05) is 0 Å². The van der Waals surface area contributed by atoms with Gasteiger partial charge in [0.1, 0.15) is 5.01 Å². The van der Waals surface area contributed by atoms with Crippen LogP contribution in [-0.4, -0.2) is 16.1 Å². The number of aliphatic carboxylic acids is 1. The Morgan fingerprint density at radius 1 is 1.35 bits per heavy atom. The van der Waals surface area contributed by atoms with Gasteiger partial charge in [-0.05, 0) is 37.5 Å². The van der Waals surface area contributed by atoms with E-state index in [1.54, 1.807) is 11.3 Å². The molecule has 92 valence electrons. The molecule has 0 aromatic carbocycles. The van der Waals surface area contributed by atoms with Crippen molar-refractivity contribution in [2.24, 2.45) is 5.41 Å². The van der Waals surface area contributed by atoms with Crippen molar-refractivity contribution in [3.8, 4) is 0 Å². The van der Waals surface area contributed by atoms with Crippen molar-refractivity contribution in [2.75, 3.05) is 0 Å². The van der Waals surface area contributed by atoms with Crippen LogP contribution in [0.1, 0.15) is 47.7 Å². The Labute approximate surface area is 105 Å². The lowest BCUT2D eigenvalue weighted by Gasteiger charge is -2.32. The van der Waals surface area contributed by atoms with Gasteiger partial charge in [-0.25, -0.2) is 4.98 Å². The molecule has 1 fully saturated rings. The van der Waals surface area contributed by atoms with Crippen LogP contribution in [0.15, 0.2) is 0 Å². The second kappa shape index (κ2) is 4.09. The van der Waals surface area contributed by atoms with Gasteiger partial charge in [-0.3, -0.25) is 4.79 Å². The van der Waals surface area contributed by atoms with Gasteiger partial charge in [-0.15, -0.1) is 11.3 Å². The van der Waals surface area contributed by atoms with Crippen molar-refractivity contribution in [3.05, 3.63) is 15.6 Å². The molecule has 4 heteroatoms. The van der Waals surface area contributed by atoms with Crippen molar-refractivity contribution in [1.82, 2.24) is 4.98 Å². The van der Waals surface area contributed by atoms with E-state index in [0.717, 1.165) is 17.8 Å². The van der Waals surface area contributed by atoms with Crippen LogP contribution in [0.2, 0.25) is 0 Å². The van der Waals surface area contributed by atoms with Gasteiger partial charge in [0.25, 0.3) is 0 Å². The first-order valence-corrected chi connectivity index (χ1v) is 7.18. The van der Waals surface area contributed by atoms with E-state index < -0.39 is 5.97 Å². The number of hydrogen-bond donors (Lipinski definition) is 1. The lowest BCUT2D eigenvalue weighted by Crippen LogP contribution is -2.24. The topological polar surface area (TPSA) is 50.2 Å². The number of carboxylic acids is 1. The summed E-state index contributed by atoms with van der Waals surface area (Å²) in [6, 6.07) is 0. The molecular weight excluding hydrogens is 234 g/mol. The molecule has 3 nitrogen and oxygen atoms in total. The number of carboxylic acid groups (broad SMARTS) is 1. The lowest BCUT2D eigenvalue weighted by atomic mass is 9.74. The molecule has 0 saturated heterocycles. The molecular formula is C13H17NO2S. The molecule has 0 amide bonds. The molecule has 0 atom stereocenters. The highest BCUT2D eigenvalue weighted by molar-refractivity contribution is 7.11. The second-order valence-corrected chi connectivity index (χ2v) is 6.60. The first-order valence-electron chi connectivity index (χ1n) is 6.36. The fourth-order valence-corrected chi connectivity index (χ4v) is 4.62. The highest BCUT2D eigenvalue weighted by Gasteiger charge is 2.38. The van der Waals surface area contributed by atoms with Gasteiger partial charge in [0, 0.05) is 4.88 Å². The van der Waals surface area contributed by atoms with E-state index in [4.69, 9.17) is 5.11 Å². The number of hydrogen-bond acceptors (Lipinski definition) is 3. The van der Waals surface area contributed by atoms with Crippen LogP contribution in [0, 0.1) is 5.41 Å². The Hall–Kier alpha value is -0.900. The van der Waals surface area contributed by atoms with Gasteiger partial charge >= 0.3 is 5.97 Å². The van der Waals surface area contributed by atoms with E-state index in [1.165, 1.54) is 42.7 Å². The summed E-state index contributed by atoms with van der Waals surface area (Å²) in [5.41, 5.74) is 1.73. The Kier molecular flexibility index (Phi) is 2.69. The van der Waals surface area contributed by atoms with Crippen molar-refractivity contribution >= 4 is 17.3 Å². The highest BCUT2D eigenvalue weighted by Crippen LogP contribution is 2.48. The van der Waals surface area contributed by atoms with Crippen molar-refractivity contribution < 1.29 is 9.90 Å². The molecule has 1 aromatic rings. The molecule has 1 N–H and O–H groups in total.